The van der Waals surface area contributed by atoms with Crippen LogP contribution in [0.3, 0.4) is 0 Å². The fourth-order valence-electron chi connectivity index (χ4n) is 0.444. The monoisotopic (exact) mass is 163 g/mol. The Bertz CT molecular complexity index is 166. The summed E-state index contributed by atoms with van der Waals surface area (Å²) < 4.78 is 20.3. The van der Waals surface area contributed by atoms with Gasteiger partial charge in [0.05, 0.1) is 12.2 Å². The minimum absolute atomic E-state index is 0.163. The number of nitrogens with zero attached hydrogens (tertiary/aromatic N) is 1. The first kappa shape index (κ1) is 9.64. The molecule has 0 heterocycles. The Labute approximate surface area is 60.3 Å². The Kier molecular flexibility index (Phi) is 4.29. The predicted octanol–water partition coefficient (Wildman–Crippen LogP) is 1.39. The van der Waals surface area contributed by atoms with Crippen LogP contribution in [-0.4, -0.2) is 20.4 Å². The summed E-state index contributed by atoms with van der Waals surface area (Å²) >= 11 is 0. The molecule has 0 rings (SSSR count). The van der Waals surface area contributed by atoms with Gasteiger partial charge < -0.3 is 9.05 Å². The van der Waals surface area contributed by atoms with Crippen LogP contribution in [0.25, 0.3) is 0 Å². The lowest BCUT2D eigenvalue weighted by Crippen LogP contribution is -1.93. The molecule has 0 amide bonds. The molecule has 5 heteroatoms. The van der Waals surface area contributed by atoms with E-state index in [0.29, 0.717) is 0 Å². The highest BCUT2D eigenvalue weighted by atomic mass is 31.2. The Morgan fingerprint density at radius 2 is 2.00 bits per heavy atom. The highest BCUT2D eigenvalue weighted by Gasteiger charge is 2.19. The third-order valence-electron chi connectivity index (χ3n) is 1.05. The molecule has 0 aliphatic rings. The van der Waals surface area contributed by atoms with E-state index in [-0.39, 0.29) is 12.6 Å². The van der Waals surface area contributed by atoms with Crippen molar-refractivity contribution < 1.29 is 13.6 Å². The predicted molar refractivity (Wildman–Crippen MR) is 36.7 cm³/mol. The first-order valence-corrected chi connectivity index (χ1v) is 4.49. The Hall–Kier alpha value is -0.360. The van der Waals surface area contributed by atoms with Crippen LogP contribution in [0.2, 0.25) is 0 Å². The van der Waals surface area contributed by atoms with E-state index in [4.69, 9.17) is 5.26 Å². The van der Waals surface area contributed by atoms with Crippen LogP contribution in [0.1, 0.15) is 6.42 Å². The number of hydrogen-bond acceptors (Lipinski definition) is 4. The second-order valence-corrected chi connectivity index (χ2v) is 4.01. The molecule has 0 aromatic rings. The molecule has 0 unspecified atom stereocenters. The SMILES string of the molecule is COP(=O)(CCC#N)OC. The molecule has 0 aliphatic carbocycles. The first-order valence-electron chi connectivity index (χ1n) is 2.76. The molecule has 0 atom stereocenters. The Balaban J connectivity index is 3.85. The first-order chi connectivity index (χ1) is 4.68. The highest BCUT2D eigenvalue weighted by Crippen LogP contribution is 2.46. The summed E-state index contributed by atoms with van der Waals surface area (Å²) in [6.07, 6.45) is 0.357. The molecule has 0 aliphatic heterocycles. The summed E-state index contributed by atoms with van der Waals surface area (Å²) in [5, 5.41) is 8.14. The van der Waals surface area contributed by atoms with E-state index in [0.717, 1.165) is 0 Å². The maximum Gasteiger partial charge on any atom is 0.331 e. The van der Waals surface area contributed by atoms with E-state index in [2.05, 4.69) is 9.05 Å². The minimum Gasteiger partial charge on any atom is -0.312 e. The van der Waals surface area contributed by atoms with Gasteiger partial charge in [0.2, 0.25) is 0 Å². The van der Waals surface area contributed by atoms with Gasteiger partial charge in [0.15, 0.2) is 0 Å². The topological polar surface area (TPSA) is 59.3 Å². The van der Waals surface area contributed by atoms with E-state index in [1.807, 2.05) is 6.07 Å². The zero-order valence-electron chi connectivity index (χ0n) is 6.03. The van der Waals surface area contributed by atoms with Gasteiger partial charge in [0.25, 0.3) is 0 Å². The molecule has 0 fully saturated rings. The van der Waals surface area contributed by atoms with Crippen LogP contribution in [0.5, 0.6) is 0 Å². The molecule has 0 spiro atoms. The summed E-state index contributed by atoms with van der Waals surface area (Å²) in [6.45, 7) is 0. The van der Waals surface area contributed by atoms with Gasteiger partial charge in [0.1, 0.15) is 0 Å². The van der Waals surface area contributed by atoms with Crippen molar-refractivity contribution in [3.8, 4) is 6.07 Å². The number of nitriles is 1. The van der Waals surface area contributed by atoms with Gasteiger partial charge in [-0.05, 0) is 0 Å². The molecular weight excluding hydrogens is 153 g/mol. The van der Waals surface area contributed by atoms with Gasteiger partial charge in [-0.2, -0.15) is 5.26 Å². The van der Waals surface area contributed by atoms with E-state index < -0.39 is 7.60 Å². The molecular formula is C5H10NO3P. The van der Waals surface area contributed by atoms with Crippen molar-refractivity contribution in [2.75, 3.05) is 20.4 Å². The normalized spacial score (nSPS) is 10.9. The molecule has 4 nitrogen and oxygen atoms in total. The van der Waals surface area contributed by atoms with E-state index in [1.165, 1.54) is 14.2 Å². The standard InChI is InChI=1S/C5H10NO3P/c1-8-10(7,9-2)5-3-4-6/h3,5H2,1-2H3. The maximum absolute atomic E-state index is 11.1. The van der Waals surface area contributed by atoms with Crippen molar-refractivity contribution in [3.05, 3.63) is 0 Å². The zero-order valence-corrected chi connectivity index (χ0v) is 6.93. The Morgan fingerprint density at radius 3 is 2.30 bits per heavy atom. The van der Waals surface area contributed by atoms with Crippen molar-refractivity contribution >= 4 is 7.60 Å². The third-order valence-corrected chi connectivity index (χ3v) is 2.94. The summed E-state index contributed by atoms with van der Waals surface area (Å²) in [5.41, 5.74) is 0. The lowest BCUT2D eigenvalue weighted by atomic mass is 10.6. The van der Waals surface area contributed by atoms with Crippen LogP contribution >= 0.6 is 7.60 Å². The number of rotatable bonds is 4. The average Bonchev–Trinajstić information content (AvgIpc) is 2.00. The molecule has 58 valence electrons. The molecule has 0 N–H and O–H groups in total. The second kappa shape index (κ2) is 4.45. The molecule has 0 bridgehead atoms. The van der Waals surface area contributed by atoms with Crippen LogP contribution in [0.4, 0.5) is 0 Å². The van der Waals surface area contributed by atoms with Gasteiger partial charge in [-0.3, -0.25) is 4.57 Å². The highest BCUT2D eigenvalue weighted by molar-refractivity contribution is 7.53. The summed E-state index contributed by atoms with van der Waals surface area (Å²) in [5.74, 6) is 0. The van der Waals surface area contributed by atoms with E-state index in [9.17, 15) is 4.57 Å². The smallest absolute Gasteiger partial charge is 0.312 e. The fourth-order valence-corrected chi connectivity index (χ4v) is 1.33. The molecule has 0 saturated heterocycles. The van der Waals surface area contributed by atoms with Gasteiger partial charge in [-0.15, -0.1) is 0 Å². The van der Waals surface area contributed by atoms with E-state index >= 15 is 0 Å². The fraction of sp³-hybridized carbons (Fsp3) is 0.800. The van der Waals surface area contributed by atoms with Crippen molar-refractivity contribution in [3.63, 3.8) is 0 Å². The van der Waals surface area contributed by atoms with Crippen molar-refractivity contribution in [2.45, 2.75) is 6.42 Å². The summed E-state index contributed by atoms with van der Waals surface area (Å²) in [6, 6.07) is 1.86. The second-order valence-electron chi connectivity index (χ2n) is 1.61. The van der Waals surface area contributed by atoms with Crippen molar-refractivity contribution in [1.82, 2.24) is 0 Å². The zero-order chi connectivity index (χ0) is 8.04. The quantitative estimate of drug-likeness (QED) is 0.587. The van der Waals surface area contributed by atoms with Gasteiger partial charge in [0, 0.05) is 20.6 Å². The van der Waals surface area contributed by atoms with Gasteiger partial charge in [-0.1, -0.05) is 0 Å². The average molecular weight is 163 g/mol. The summed E-state index contributed by atoms with van der Waals surface area (Å²) in [4.78, 5) is 0. The molecule has 0 saturated carbocycles. The van der Waals surface area contributed by atoms with Crippen LogP contribution < -0.4 is 0 Å². The van der Waals surface area contributed by atoms with Crippen molar-refractivity contribution in [1.29, 1.82) is 5.26 Å². The van der Waals surface area contributed by atoms with Gasteiger partial charge in [-0.25, -0.2) is 0 Å². The van der Waals surface area contributed by atoms with Crippen LogP contribution in [0, 0.1) is 11.3 Å². The molecule has 0 radical (unpaired) electrons. The maximum atomic E-state index is 11.1. The lowest BCUT2D eigenvalue weighted by molar-refractivity contribution is 0.276. The summed E-state index contributed by atoms with van der Waals surface area (Å²) in [7, 11) is -0.306. The lowest BCUT2D eigenvalue weighted by Gasteiger charge is -2.10. The van der Waals surface area contributed by atoms with Crippen molar-refractivity contribution in [2.24, 2.45) is 0 Å². The third kappa shape index (κ3) is 2.98. The molecule has 0 aromatic carbocycles. The molecule has 10 heavy (non-hydrogen) atoms. The Morgan fingerprint density at radius 1 is 1.50 bits per heavy atom. The van der Waals surface area contributed by atoms with Crippen LogP contribution in [-0.2, 0) is 13.6 Å². The van der Waals surface area contributed by atoms with Crippen LogP contribution in [0.15, 0.2) is 0 Å². The van der Waals surface area contributed by atoms with E-state index in [1.54, 1.807) is 0 Å². The minimum atomic E-state index is -2.92. The number of hydrogen-bond donors (Lipinski definition) is 0. The molecule has 0 aromatic heterocycles. The largest absolute Gasteiger partial charge is 0.331 e. The van der Waals surface area contributed by atoms with Gasteiger partial charge >= 0.3 is 7.60 Å².